The van der Waals surface area contributed by atoms with Crippen LogP contribution in [0.4, 0.5) is 0 Å². The molecule has 1 heterocycles. The summed E-state index contributed by atoms with van der Waals surface area (Å²) in [7, 11) is 0. The van der Waals surface area contributed by atoms with Crippen molar-refractivity contribution in [2.75, 3.05) is 13.2 Å². The number of ketones is 2. The van der Waals surface area contributed by atoms with Gasteiger partial charge >= 0.3 is 11.9 Å². The van der Waals surface area contributed by atoms with Crippen LogP contribution in [-0.2, 0) is 33.4 Å². The predicted molar refractivity (Wildman–Crippen MR) is 88.8 cm³/mol. The minimum absolute atomic E-state index is 0.0578. The minimum Gasteiger partial charge on any atom is -0.453 e. The number of allylic oxidation sites excluding steroid dienone is 2. The number of rotatable bonds is 4. The molecule has 8 unspecified atom stereocenters. The zero-order valence-electron chi connectivity index (χ0n) is 14.9. The molecule has 3 saturated carbocycles. The Hall–Kier alpha value is -2.02. The topological polar surface area (TPSA) is 96.0 Å². The van der Waals surface area contributed by atoms with Gasteiger partial charge in [-0.15, -0.1) is 0 Å². The smallest absolute Gasteiger partial charge is 0.346 e. The summed E-state index contributed by atoms with van der Waals surface area (Å²) in [6, 6.07) is 0. The number of hydrogen-bond acceptors (Lipinski definition) is 7. The molecule has 0 N–H and O–H groups in total. The lowest BCUT2D eigenvalue weighted by atomic mass is 9.69. The monoisotopic (exact) mass is 374 g/mol. The van der Waals surface area contributed by atoms with E-state index in [1.807, 2.05) is 12.2 Å². The van der Waals surface area contributed by atoms with Crippen LogP contribution < -0.4 is 0 Å². The molecular weight excluding hydrogens is 352 g/mol. The first-order valence-corrected chi connectivity index (χ1v) is 9.80. The average Bonchev–Trinajstić information content (AvgIpc) is 3.37. The molecule has 1 aliphatic heterocycles. The van der Waals surface area contributed by atoms with Gasteiger partial charge in [0, 0.05) is 30.1 Å². The number of carbonyl (C=O) groups excluding carboxylic acids is 4. The van der Waals surface area contributed by atoms with Gasteiger partial charge in [0.15, 0.2) is 6.61 Å². The number of ether oxygens (including phenoxy) is 3. The number of esters is 2. The first-order valence-electron chi connectivity index (χ1n) is 9.80. The Bertz CT molecular complexity index is 735. The Morgan fingerprint density at radius 2 is 1.85 bits per heavy atom. The molecule has 27 heavy (non-hydrogen) atoms. The molecule has 7 nitrogen and oxygen atoms in total. The van der Waals surface area contributed by atoms with E-state index in [0.717, 1.165) is 12.8 Å². The lowest BCUT2D eigenvalue weighted by Gasteiger charge is -2.33. The van der Waals surface area contributed by atoms with Crippen molar-refractivity contribution >= 4 is 23.5 Å². The number of carbonyl (C=O) groups is 4. The molecule has 7 heteroatoms. The number of Topliss-reactive ketones (excluding diaryl/α,β-unsaturated/α-hetero) is 2. The van der Waals surface area contributed by atoms with Gasteiger partial charge in [0.2, 0.25) is 6.29 Å². The van der Waals surface area contributed by atoms with Crippen molar-refractivity contribution in [2.45, 2.75) is 32.0 Å². The van der Waals surface area contributed by atoms with Crippen LogP contribution in [0.15, 0.2) is 12.2 Å². The molecule has 5 aliphatic rings. The van der Waals surface area contributed by atoms with Gasteiger partial charge in [-0.3, -0.25) is 14.4 Å². The molecule has 0 spiro atoms. The fraction of sp³-hybridized carbons (Fsp3) is 0.700. The Morgan fingerprint density at radius 3 is 2.59 bits per heavy atom. The summed E-state index contributed by atoms with van der Waals surface area (Å²) in [6.07, 6.45) is 6.21. The number of fused-ring (bicyclic) bond motifs is 9. The molecule has 0 aromatic rings. The van der Waals surface area contributed by atoms with E-state index in [1.54, 1.807) is 0 Å². The largest absolute Gasteiger partial charge is 0.453 e. The van der Waals surface area contributed by atoms with Crippen LogP contribution in [0.1, 0.15) is 25.7 Å². The standard InChI is InChI=1S/C20H22O7/c21-13(27-14-3-1-2-6-25-14)8-26-20(24)12-7-11-15-9-4-5-10(18(9)22)16(15)17(12)19(11)23/h4-5,9-12,14-17H,1-3,6-8H2. The maximum atomic E-state index is 12.7. The zero-order valence-corrected chi connectivity index (χ0v) is 14.9. The summed E-state index contributed by atoms with van der Waals surface area (Å²) < 4.78 is 15.6. The second-order valence-corrected chi connectivity index (χ2v) is 8.26. The maximum absolute atomic E-state index is 12.7. The van der Waals surface area contributed by atoms with Gasteiger partial charge in [-0.05, 0) is 31.1 Å². The molecule has 0 aromatic carbocycles. The lowest BCUT2D eigenvalue weighted by Crippen LogP contribution is -2.36. The highest BCUT2D eigenvalue weighted by molar-refractivity contribution is 6.01. The fourth-order valence-corrected chi connectivity index (χ4v) is 6.00. The molecule has 0 radical (unpaired) electrons. The van der Waals surface area contributed by atoms with Crippen LogP contribution in [0, 0.1) is 41.4 Å². The quantitative estimate of drug-likeness (QED) is 0.412. The van der Waals surface area contributed by atoms with E-state index in [1.165, 1.54) is 0 Å². The van der Waals surface area contributed by atoms with Crippen molar-refractivity contribution < 1.29 is 33.4 Å². The lowest BCUT2D eigenvalue weighted by molar-refractivity contribution is -0.193. The third kappa shape index (κ3) is 2.51. The Balaban J connectivity index is 1.20. The Morgan fingerprint density at radius 1 is 1.07 bits per heavy atom. The summed E-state index contributed by atoms with van der Waals surface area (Å²) in [5.41, 5.74) is 0. The molecule has 5 rings (SSSR count). The van der Waals surface area contributed by atoms with Crippen molar-refractivity contribution in [3.63, 3.8) is 0 Å². The summed E-state index contributed by atoms with van der Waals surface area (Å²) >= 11 is 0. The van der Waals surface area contributed by atoms with Gasteiger partial charge in [0.25, 0.3) is 0 Å². The van der Waals surface area contributed by atoms with Crippen LogP contribution in [0.3, 0.4) is 0 Å². The summed E-state index contributed by atoms with van der Waals surface area (Å²) in [4.78, 5) is 49.4. The normalized spacial score (nSPS) is 43.9. The van der Waals surface area contributed by atoms with Gasteiger partial charge in [-0.2, -0.15) is 0 Å². The molecule has 144 valence electrons. The van der Waals surface area contributed by atoms with Crippen molar-refractivity contribution in [3.8, 4) is 0 Å². The summed E-state index contributed by atoms with van der Waals surface area (Å²) in [5, 5.41) is 0. The van der Waals surface area contributed by atoms with Gasteiger partial charge < -0.3 is 14.2 Å². The van der Waals surface area contributed by atoms with Crippen molar-refractivity contribution in [1.29, 1.82) is 0 Å². The zero-order chi connectivity index (χ0) is 18.7. The predicted octanol–water partition coefficient (Wildman–Crippen LogP) is 1.05. The highest BCUT2D eigenvalue weighted by Crippen LogP contribution is 2.64. The highest BCUT2D eigenvalue weighted by atomic mass is 16.7. The van der Waals surface area contributed by atoms with E-state index in [2.05, 4.69) is 0 Å². The van der Waals surface area contributed by atoms with Crippen molar-refractivity contribution in [3.05, 3.63) is 12.2 Å². The van der Waals surface area contributed by atoms with Crippen LogP contribution in [0.25, 0.3) is 0 Å². The van der Waals surface area contributed by atoms with E-state index in [4.69, 9.17) is 14.2 Å². The second-order valence-electron chi connectivity index (χ2n) is 8.26. The molecule has 4 bridgehead atoms. The third-order valence-corrected chi connectivity index (χ3v) is 7.01. The molecule has 4 aliphatic carbocycles. The van der Waals surface area contributed by atoms with Crippen LogP contribution in [-0.4, -0.2) is 43.0 Å². The summed E-state index contributed by atoms with van der Waals surface area (Å²) in [6.45, 7) is 0.0859. The first-order chi connectivity index (χ1) is 13.1. The SMILES string of the molecule is O=C(COC(=O)C1CC2C(=O)C1C1C3C=CC(C3=O)C21)OC1CCCCO1. The number of hydrogen-bond donors (Lipinski definition) is 0. The second kappa shape index (κ2) is 6.26. The van der Waals surface area contributed by atoms with E-state index in [-0.39, 0.29) is 41.2 Å². The summed E-state index contributed by atoms with van der Waals surface area (Å²) in [5.74, 6) is -2.52. The molecule has 1 saturated heterocycles. The molecule has 8 atom stereocenters. The molecule has 0 amide bonds. The van der Waals surface area contributed by atoms with E-state index in [0.29, 0.717) is 19.4 Å². The van der Waals surface area contributed by atoms with E-state index < -0.39 is 36.7 Å². The van der Waals surface area contributed by atoms with Crippen LogP contribution in [0.5, 0.6) is 0 Å². The van der Waals surface area contributed by atoms with E-state index >= 15 is 0 Å². The van der Waals surface area contributed by atoms with Crippen LogP contribution >= 0.6 is 0 Å². The van der Waals surface area contributed by atoms with Gasteiger partial charge in [-0.25, -0.2) is 4.79 Å². The van der Waals surface area contributed by atoms with Crippen molar-refractivity contribution in [1.82, 2.24) is 0 Å². The van der Waals surface area contributed by atoms with Gasteiger partial charge in [-0.1, -0.05) is 12.2 Å². The average molecular weight is 374 g/mol. The highest BCUT2D eigenvalue weighted by Gasteiger charge is 2.69. The Labute approximate surface area is 156 Å². The molecule has 4 fully saturated rings. The molecular formula is C20H22O7. The van der Waals surface area contributed by atoms with E-state index in [9.17, 15) is 19.2 Å². The minimum atomic E-state index is -0.638. The van der Waals surface area contributed by atoms with Gasteiger partial charge in [0.1, 0.15) is 11.6 Å². The van der Waals surface area contributed by atoms with Crippen LogP contribution in [0.2, 0.25) is 0 Å². The maximum Gasteiger partial charge on any atom is 0.346 e. The van der Waals surface area contributed by atoms with Crippen molar-refractivity contribution in [2.24, 2.45) is 41.4 Å². The fourth-order valence-electron chi connectivity index (χ4n) is 6.00. The molecule has 0 aromatic heterocycles. The Kier molecular flexibility index (Phi) is 3.96. The third-order valence-electron chi connectivity index (χ3n) is 7.01. The first kappa shape index (κ1) is 17.1. The van der Waals surface area contributed by atoms with Gasteiger partial charge in [0.05, 0.1) is 12.5 Å².